The van der Waals surface area contributed by atoms with Crippen LogP contribution in [0.5, 0.6) is 0 Å². The number of ether oxygens (including phenoxy) is 1. The lowest BCUT2D eigenvalue weighted by molar-refractivity contribution is -0.137. The van der Waals surface area contributed by atoms with Crippen LogP contribution in [0.1, 0.15) is 41.8 Å². The zero-order valence-electron chi connectivity index (χ0n) is 18.9. The number of nitrogens with zero attached hydrogens (tertiary/aromatic N) is 1. The largest absolute Gasteiger partial charge is 0.452 e. The predicted molar refractivity (Wildman–Crippen MR) is 123 cm³/mol. The van der Waals surface area contributed by atoms with Gasteiger partial charge in [-0.1, -0.05) is 32.0 Å². The molecule has 0 radical (unpaired) electrons. The van der Waals surface area contributed by atoms with Gasteiger partial charge in [-0.05, 0) is 67.5 Å². The molecule has 3 rings (SSSR count). The highest BCUT2D eigenvalue weighted by Crippen LogP contribution is 2.23. The number of sulfonamides is 1. The van der Waals surface area contributed by atoms with Gasteiger partial charge in [0.1, 0.15) is 0 Å². The van der Waals surface area contributed by atoms with E-state index in [0.29, 0.717) is 36.2 Å². The Morgan fingerprint density at radius 1 is 1.06 bits per heavy atom. The van der Waals surface area contributed by atoms with Gasteiger partial charge in [0, 0.05) is 18.8 Å². The van der Waals surface area contributed by atoms with Crippen LogP contribution >= 0.6 is 0 Å². The summed E-state index contributed by atoms with van der Waals surface area (Å²) >= 11 is 0. The third kappa shape index (κ3) is 5.88. The average molecular weight is 459 g/mol. The second-order valence-corrected chi connectivity index (χ2v) is 10.4. The number of carbonyl (C=O) groups is 2. The highest BCUT2D eigenvalue weighted by atomic mass is 32.2. The minimum absolute atomic E-state index is 0.0153. The fraction of sp³-hybridized carbons (Fsp3) is 0.417. The number of hydrogen-bond acceptors (Lipinski definition) is 5. The Morgan fingerprint density at radius 3 is 2.41 bits per heavy atom. The van der Waals surface area contributed by atoms with Crippen molar-refractivity contribution in [3.05, 3.63) is 59.2 Å². The second-order valence-electron chi connectivity index (χ2n) is 8.78. The molecule has 1 aliphatic heterocycles. The number of esters is 1. The lowest BCUT2D eigenvalue weighted by atomic mass is 9.92. The molecule has 2 unspecified atom stereocenters. The molecular formula is C24H30N2O5S. The van der Waals surface area contributed by atoms with Crippen molar-refractivity contribution in [2.24, 2.45) is 11.8 Å². The highest BCUT2D eigenvalue weighted by Gasteiger charge is 2.26. The minimum Gasteiger partial charge on any atom is -0.452 e. The molecule has 0 aromatic heterocycles. The molecule has 1 fully saturated rings. The summed E-state index contributed by atoms with van der Waals surface area (Å²) in [7, 11) is -3.91. The standard InChI is InChI=1S/C24H30N2O5S/c1-16-6-5-7-21(11-16)25-32(29,30)22-12-20(9-8-19(22)4)24(28)31-15-23(27)26-13-17(2)10-18(3)14-26/h5-9,11-12,17-18,25H,10,13-15H2,1-4H3. The van der Waals surface area contributed by atoms with Crippen LogP contribution in [0.3, 0.4) is 0 Å². The first-order valence-corrected chi connectivity index (χ1v) is 12.2. The van der Waals surface area contributed by atoms with Gasteiger partial charge in [-0.2, -0.15) is 0 Å². The highest BCUT2D eigenvalue weighted by molar-refractivity contribution is 7.92. The molecule has 7 nitrogen and oxygen atoms in total. The zero-order chi connectivity index (χ0) is 23.5. The molecule has 1 N–H and O–H groups in total. The van der Waals surface area contributed by atoms with Gasteiger partial charge in [-0.3, -0.25) is 9.52 Å². The van der Waals surface area contributed by atoms with Crippen LogP contribution in [0.2, 0.25) is 0 Å². The Balaban J connectivity index is 1.70. The number of rotatable bonds is 6. The van der Waals surface area contributed by atoms with E-state index in [2.05, 4.69) is 18.6 Å². The fourth-order valence-corrected chi connectivity index (χ4v) is 5.43. The fourth-order valence-electron chi connectivity index (χ4n) is 4.10. The topological polar surface area (TPSA) is 92.8 Å². The molecule has 1 amide bonds. The van der Waals surface area contributed by atoms with Gasteiger partial charge in [-0.25, -0.2) is 13.2 Å². The first kappa shape index (κ1) is 23.8. The van der Waals surface area contributed by atoms with Crippen LogP contribution in [0.25, 0.3) is 0 Å². The lowest BCUT2D eigenvalue weighted by Gasteiger charge is -2.34. The van der Waals surface area contributed by atoms with E-state index in [1.807, 2.05) is 13.0 Å². The molecule has 0 aliphatic carbocycles. The van der Waals surface area contributed by atoms with Crippen LogP contribution < -0.4 is 4.72 Å². The maximum atomic E-state index is 12.9. The van der Waals surface area contributed by atoms with Gasteiger partial charge in [0.2, 0.25) is 0 Å². The Bertz CT molecular complexity index is 1100. The van der Waals surface area contributed by atoms with E-state index in [1.165, 1.54) is 12.1 Å². The first-order valence-electron chi connectivity index (χ1n) is 10.7. The van der Waals surface area contributed by atoms with E-state index in [-0.39, 0.29) is 23.0 Å². The molecule has 2 aromatic carbocycles. The monoisotopic (exact) mass is 458 g/mol. The average Bonchev–Trinajstić information content (AvgIpc) is 2.71. The molecule has 1 heterocycles. The third-order valence-corrected chi connectivity index (χ3v) is 7.06. The maximum Gasteiger partial charge on any atom is 0.338 e. The normalized spacial score (nSPS) is 18.8. The summed E-state index contributed by atoms with van der Waals surface area (Å²) in [5, 5.41) is 0. The summed E-state index contributed by atoms with van der Waals surface area (Å²) in [5.74, 6) is -0.158. The molecule has 1 aliphatic rings. The van der Waals surface area contributed by atoms with E-state index >= 15 is 0 Å². The van der Waals surface area contributed by atoms with Crippen LogP contribution in [-0.4, -0.2) is 44.9 Å². The van der Waals surface area contributed by atoms with Crippen molar-refractivity contribution >= 4 is 27.6 Å². The number of hydrogen-bond donors (Lipinski definition) is 1. The molecule has 0 bridgehead atoms. The first-order chi connectivity index (χ1) is 15.0. The number of likely N-dealkylation sites (tertiary alicyclic amines) is 1. The predicted octanol–water partition coefficient (Wildman–Crippen LogP) is 3.77. The Kier molecular flexibility index (Phi) is 7.23. The van der Waals surface area contributed by atoms with Gasteiger partial charge in [-0.15, -0.1) is 0 Å². The summed E-state index contributed by atoms with van der Waals surface area (Å²) in [4.78, 5) is 26.7. The minimum atomic E-state index is -3.91. The molecule has 172 valence electrons. The molecule has 1 saturated heterocycles. The number of benzene rings is 2. The molecule has 0 spiro atoms. The Labute approximate surface area is 189 Å². The molecule has 2 atom stereocenters. The summed E-state index contributed by atoms with van der Waals surface area (Å²) < 4.78 is 33.6. The Morgan fingerprint density at radius 2 is 1.75 bits per heavy atom. The zero-order valence-corrected chi connectivity index (χ0v) is 19.7. The van der Waals surface area contributed by atoms with Crippen molar-refractivity contribution < 1.29 is 22.7 Å². The number of anilines is 1. The van der Waals surface area contributed by atoms with Gasteiger partial charge in [0.15, 0.2) is 6.61 Å². The van der Waals surface area contributed by atoms with Gasteiger partial charge < -0.3 is 9.64 Å². The summed E-state index contributed by atoms with van der Waals surface area (Å²) in [5.41, 5.74) is 1.93. The van der Waals surface area contributed by atoms with Crippen LogP contribution in [0.15, 0.2) is 47.4 Å². The number of carbonyl (C=O) groups excluding carboxylic acids is 2. The molecule has 32 heavy (non-hydrogen) atoms. The summed E-state index contributed by atoms with van der Waals surface area (Å²) in [6, 6.07) is 11.3. The Hall–Kier alpha value is -2.87. The maximum absolute atomic E-state index is 12.9. The van der Waals surface area contributed by atoms with Crippen molar-refractivity contribution in [2.45, 2.75) is 39.0 Å². The lowest BCUT2D eigenvalue weighted by Crippen LogP contribution is -2.44. The molecule has 2 aromatic rings. The summed E-state index contributed by atoms with van der Waals surface area (Å²) in [6.45, 7) is 8.66. The van der Waals surface area contributed by atoms with Gasteiger partial charge in [0.05, 0.1) is 10.5 Å². The van der Waals surface area contributed by atoms with E-state index in [4.69, 9.17) is 4.74 Å². The van der Waals surface area contributed by atoms with E-state index in [9.17, 15) is 18.0 Å². The smallest absolute Gasteiger partial charge is 0.338 e. The van der Waals surface area contributed by atoms with Crippen LogP contribution in [0, 0.1) is 25.7 Å². The van der Waals surface area contributed by atoms with E-state index < -0.39 is 16.0 Å². The van der Waals surface area contributed by atoms with Crippen molar-refractivity contribution in [3.63, 3.8) is 0 Å². The van der Waals surface area contributed by atoms with Crippen LogP contribution in [-0.2, 0) is 19.6 Å². The van der Waals surface area contributed by atoms with Crippen molar-refractivity contribution in [1.29, 1.82) is 0 Å². The number of amides is 1. The van der Waals surface area contributed by atoms with E-state index in [1.54, 1.807) is 36.1 Å². The number of piperidine rings is 1. The van der Waals surface area contributed by atoms with E-state index in [0.717, 1.165) is 12.0 Å². The molecule has 8 heteroatoms. The van der Waals surface area contributed by atoms with Crippen molar-refractivity contribution in [2.75, 3.05) is 24.4 Å². The molecule has 0 saturated carbocycles. The quantitative estimate of drug-likeness (QED) is 0.666. The van der Waals surface area contributed by atoms with Gasteiger partial charge in [0.25, 0.3) is 15.9 Å². The molecular weight excluding hydrogens is 428 g/mol. The number of nitrogens with one attached hydrogen (secondary N) is 1. The SMILES string of the molecule is Cc1cccc(NS(=O)(=O)c2cc(C(=O)OCC(=O)N3CC(C)CC(C)C3)ccc2C)c1. The second kappa shape index (κ2) is 9.73. The summed E-state index contributed by atoms with van der Waals surface area (Å²) in [6.07, 6.45) is 1.07. The van der Waals surface area contributed by atoms with Gasteiger partial charge >= 0.3 is 5.97 Å². The van der Waals surface area contributed by atoms with Crippen LogP contribution in [0.4, 0.5) is 5.69 Å². The number of aryl methyl sites for hydroxylation is 2. The third-order valence-electron chi connectivity index (χ3n) is 5.53. The van der Waals surface area contributed by atoms with Crippen molar-refractivity contribution in [1.82, 2.24) is 4.90 Å². The van der Waals surface area contributed by atoms with Crippen molar-refractivity contribution in [3.8, 4) is 0 Å².